The molecule has 7 heteroatoms. The molecule has 6 nitrogen and oxygen atoms in total. The van der Waals surface area contributed by atoms with Gasteiger partial charge in [0.1, 0.15) is 0 Å². The highest BCUT2D eigenvalue weighted by Crippen LogP contribution is 2.44. The Morgan fingerprint density at radius 3 is 2.44 bits per heavy atom. The quantitative estimate of drug-likeness (QED) is 0.565. The lowest BCUT2D eigenvalue weighted by atomic mass is 9.62. The summed E-state index contributed by atoms with van der Waals surface area (Å²) in [5.41, 5.74) is 5.10. The molecule has 0 bridgehead atoms. The van der Waals surface area contributed by atoms with Gasteiger partial charge in [-0.25, -0.2) is 13.6 Å². The molecule has 5 N–H and O–H groups in total. The molecule has 0 aliphatic heterocycles. The normalized spacial score (nSPS) is 29.6. The van der Waals surface area contributed by atoms with E-state index in [0.717, 1.165) is 12.8 Å². The standard InChI is InChI=1S/C9H19N3O3S/c1-7-4-9(5-7,6-10)8(13)12-2-3-16(11,14)15/h7H,2-6,10H2,1H3,(H,12,13)(H2,11,14,15). The Bertz CT molecular complexity index is 360. The Hall–Kier alpha value is -0.660. The molecule has 0 radical (unpaired) electrons. The van der Waals surface area contributed by atoms with E-state index >= 15 is 0 Å². The van der Waals surface area contributed by atoms with Crippen molar-refractivity contribution in [3.8, 4) is 0 Å². The minimum absolute atomic E-state index is 0.0494. The van der Waals surface area contributed by atoms with Crippen LogP contribution in [-0.2, 0) is 14.8 Å². The Labute approximate surface area is 95.8 Å². The van der Waals surface area contributed by atoms with Crippen molar-refractivity contribution in [1.29, 1.82) is 0 Å². The van der Waals surface area contributed by atoms with Crippen LogP contribution in [0.2, 0.25) is 0 Å². The van der Waals surface area contributed by atoms with Crippen LogP contribution in [-0.4, -0.2) is 33.2 Å². The molecule has 0 spiro atoms. The highest BCUT2D eigenvalue weighted by Gasteiger charge is 2.46. The number of amides is 1. The molecular weight excluding hydrogens is 230 g/mol. The summed E-state index contributed by atoms with van der Waals surface area (Å²) in [4.78, 5) is 11.8. The fourth-order valence-electron chi connectivity index (χ4n) is 2.21. The third-order valence-electron chi connectivity index (χ3n) is 3.02. The van der Waals surface area contributed by atoms with E-state index in [9.17, 15) is 13.2 Å². The number of hydrogen-bond acceptors (Lipinski definition) is 4. The molecule has 0 saturated heterocycles. The number of nitrogens with one attached hydrogen (secondary N) is 1. The summed E-state index contributed by atoms with van der Waals surface area (Å²) in [5, 5.41) is 7.40. The first kappa shape index (κ1) is 13.4. The van der Waals surface area contributed by atoms with E-state index in [1.807, 2.05) is 0 Å². The summed E-state index contributed by atoms with van der Waals surface area (Å²) in [6, 6.07) is 0. The lowest BCUT2D eigenvalue weighted by Gasteiger charge is -2.44. The van der Waals surface area contributed by atoms with Crippen LogP contribution in [0.15, 0.2) is 0 Å². The van der Waals surface area contributed by atoms with Crippen LogP contribution in [0.3, 0.4) is 0 Å². The number of carbonyl (C=O) groups excluding carboxylic acids is 1. The summed E-state index contributed by atoms with van der Waals surface area (Å²) < 4.78 is 21.3. The van der Waals surface area contributed by atoms with Crippen molar-refractivity contribution >= 4 is 15.9 Å². The number of rotatable bonds is 5. The summed E-state index contributed by atoms with van der Waals surface area (Å²) in [5.74, 6) is 0.110. The van der Waals surface area contributed by atoms with Crippen molar-refractivity contribution in [2.75, 3.05) is 18.8 Å². The second kappa shape index (κ2) is 4.68. The molecule has 0 unspecified atom stereocenters. The number of nitrogens with two attached hydrogens (primary N) is 2. The van der Waals surface area contributed by atoms with Gasteiger partial charge in [-0.05, 0) is 18.8 Å². The van der Waals surface area contributed by atoms with Gasteiger partial charge < -0.3 is 11.1 Å². The van der Waals surface area contributed by atoms with Crippen molar-refractivity contribution in [1.82, 2.24) is 5.32 Å². The van der Waals surface area contributed by atoms with E-state index in [0.29, 0.717) is 12.5 Å². The molecule has 1 fully saturated rings. The van der Waals surface area contributed by atoms with Crippen molar-refractivity contribution in [2.24, 2.45) is 22.2 Å². The fourth-order valence-corrected chi connectivity index (χ4v) is 2.60. The molecule has 1 aliphatic rings. The van der Waals surface area contributed by atoms with Crippen LogP contribution >= 0.6 is 0 Å². The summed E-state index contributed by atoms with van der Waals surface area (Å²) in [6.45, 7) is 2.41. The Balaban J connectivity index is 2.40. The first-order chi connectivity index (χ1) is 7.29. The maximum Gasteiger partial charge on any atom is 0.227 e. The van der Waals surface area contributed by atoms with Crippen molar-refractivity contribution in [2.45, 2.75) is 19.8 Å². The van der Waals surface area contributed by atoms with Gasteiger partial charge in [0.15, 0.2) is 0 Å². The molecule has 0 aromatic carbocycles. The predicted molar refractivity (Wildman–Crippen MR) is 60.9 cm³/mol. The molecule has 1 aliphatic carbocycles. The summed E-state index contributed by atoms with van der Waals surface area (Å²) in [7, 11) is -3.52. The number of hydrogen-bond donors (Lipinski definition) is 3. The van der Waals surface area contributed by atoms with Crippen LogP contribution in [0.1, 0.15) is 19.8 Å². The summed E-state index contributed by atoms with van der Waals surface area (Å²) >= 11 is 0. The minimum atomic E-state index is -3.52. The SMILES string of the molecule is CC1CC(CN)(C(=O)NCCS(N)(=O)=O)C1. The maximum absolute atomic E-state index is 11.8. The molecule has 0 aromatic heterocycles. The molecule has 94 valence electrons. The second-order valence-electron chi connectivity index (χ2n) is 4.62. The lowest BCUT2D eigenvalue weighted by molar-refractivity contribution is -0.137. The third kappa shape index (κ3) is 3.16. The molecule has 1 amide bonds. The van der Waals surface area contributed by atoms with E-state index < -0.39 is 15.4 Å². The predicted octanol–water partition coefficient (Wildman–Crippen LogP) is -1.23. The summed E-state index contributed by atoms with van der Waals surface area (Å²) in [6.07, 6.45) is 1.54. The lowest BCUT2D eigenvalue weighted by Crippen LogP contribution is -2.54. The number of primary sulfonamides is 1. The zero-order chi connectivity index (χ0) is 12.4. The van der Waals surface area contributed by atoms with Gasteiger partial charge in [0, 0.05) is 13.1 Å². The van der Waals surface area contributed by atoms with Crippen LogP contribution < -0.4 is 16.2 Å². The van der Waals surface area contributed by atoms with E-state index in [1.54, 1.807) is 0 Å². The first-order valence-corrected chi connectivity index (χ1v) is 6.99. The molecule has 1 rings (SSSR count). The van der Waals surface area contributed by atoms with Gasteiger partial charge in [-0.3, -0.25) is 4.79 Å². The molecule has 16 heavy (non-hydrogen) atoms. The van der Waals surface area contributed by atoms with Crippen molar-refractivity contribution < 1.29 is 13.2 Å². The van der Waals surface area contributed by atoms with Gasteiger partial charge in [-0.2, -0.15) is 0 Å². The molecule has 1 saturated carbocycles. The molecule has 0 atom stereocenters. The Kier molecular flexibility index (Phi) is 3.92. The zero-order valence-corrected chi connectivity index (χ0v) is 10.2. The number of carbonyl (C=O) groups is 1. The Morgan fingerprint density at radius 1 is 1.50 bits per heavy atom. The topological polar surface area (TPSA) is 115 Å². The van der Waals surface area contributed by atoms with Crippen LogP contribution in [0.4, 0.5) is 0 Å². The highest BCUT2D eigenvalue weighted by atomic mass is 32.2. The van der Waals surface area contributed by atoms with Gasteiger partial charge in [0.05, 0.1) is 11.2 Å². The van der Waals surface area contributed by atoms with E-state index in [-0.39, 0.29) is 18.2 Å². The largest absolute Gasteiger partial charge is 0.355 e. The third-order valence-corrected chi connectivity index (χ3v) is 3.80. The zero-order valence-electron chi connectivity index (χ0n) is 9.40. The van der Waals surface area contributed by atoms with Gasteiger partial charge in [0.2, 0.25) is 15.9 Å². The van der Waals surface area contributed by atoms with Crippen LogP contribution in [0, 0.1) is 11.3 Å². The Morgan fingerprint density at radius 2 is 2.06 bits per heavy atom. The smallest absolute Gasteiger partial charge is 0.227 e. The van der Waals surface area contributed by atoms with Gasteiger partial charge in [0.25, 0.3) is 0 Å². The minimum Gasteiger partial charge on any atom is -0.355 e. The van der Waals surface area contributed by atoms with E-state index in [1.165, 1.54) is 0 Å². The molecular formula is C9H19N3O3S. The number of sulfonamides is 1. The average molecular weight is 249 g/mol. The molecule has 0 aromatic rings. The average Bonchev–Trinajstić information content (AvgIpc) is 2.10. The fraction of sp³-hybridized carbons (Fsp3) is 0.889. The highest BCUT2D eigenvalue weighted by molar-refractivity contribution is 7.89. The van der Waals surface area contributed by atoms with Gasteiger partial charge >= 0.3 is 0 Å². The maximum atomic E-state index is 11.8. The second-order valence-corrected chi connectivity index (χ2v) is 6.35. The van der Waals surface area contributed by atoms with E-state index in [2.05, 4.69) is 12.2 Å². The first-order valence-electron chi connectivity index (χ1n) is 5.28. The monoisotopic (exact) mass is 249 g/mol. The van der Waals surface area contributed by atoms with Crippen LogP contribution in [0.5, 0.6) is 0 Å². The van der Waals surface area contributed by atoms with Gasteiger partial charge in [-0.15, -0.1) is 0 Å². The van der Waals surface area contributed by atoms with Gasteiger partial charge in [-0.1, -0.05) is 6.92 Å². The van der Waals surface area contributed by atoms with Crippen molar-refractivity contribution in [3.05, 3.63) is 0 Å². The molecule has 0 heterocycles. The van der Waals surface area contributed by atoms with E-state index in [4.69, 9.17) is 10.9 Å². The van der Waals surface area contributed by atoms with Crippen molar-refractivity contribution in [3.63, 3.8) is 0 Å². The van der Waals surface area contributed by atoms with Crippen LogP contribution in [0.25, 0.3) is 0 Å².